The Morgan fingerprint density at radius 1 is 1.73 bits per heavy atom. The second kappa shape index (κ2) is 3.46. The minimum Gasteiger partial charge on any atom is -0.392 e. The Bertz CT molecular complexity index is 275. The van der Waals surface area contributed by atoms with Gasteiger partial charge < -0.3 is 5.11 Å². The fourth-order valence-electron chi connectivity index (χ4n) is 0.747. The molecular weight excluding hydrogens is 166 g/mol. The SMILES string of the molecule is O=Cc1c(CO)ccnc1Cl. The van der Waals surface area contributed by atoms with E-state index in [9.17, 15) is 4.79 Å². The van der Waals surface area contributed by atoms with Crippen molar-refractivity contribution in [2.45, 2.75) is 6.61 Å². The average molecular weight is 172 g/mol. The van der Waals surface area contributed by atoms with Crippen molar-refractivity contribution in [3.63, 3.8) is 0 Å². The van der Waals surface area contributed by atoms with Crippen molar-refractivity contribution in [3.05, 3.63) is 28.5 Å². The summed E-state index contributed by atoms with van der Waals surface area (Å²) in [7, 11) is 0. The molecule has 0 saturated carbocycles. The third-order valence-corrected chi connectivity index (χ3v) is 1.62. The largest absolute Gasteiger partial charge is 0.392 e. The lowest BCUT2D eigenvalue weighted by Crippen LogP contribution is -1.94. The minimum absolute atomic E-state index is 0.131. The molecule has 0 aliphatic carbocycles. The summed E-state index contributed by atoms with van der Waals surface area (Å²) < 4.78 is 0. The monoisotopic (exact) mass is 171 g/mol. The number of nitrogens with zero attached hydrogens (tertiary/aromatic N) is 1. The van der Waals surface area contributed by atoms with Gasteiger partial charge >= 0.3 is 0 Å². The number of hydrogen-bond acceptors (Lipinski definition) is 3. The number of aromatic nitrogens is 1. The van der Waals surface area contributed by atoms with Crippen molar-refractivity contribution in [1.29, 1.82) is 0 Å². The second-order valence-electron chi connectivity index (χ2n) is 1.95. The first-order chi connectivity index (χ1) is 5.29. The molecule has 11 heavy (non-hydrogen) atoms. The molecule has 1 aromatic heterocycles. The van der Waals surface area contributed by atoms with Crippen molar-refractivity contribution < 1.29 is 9.90 Å². The summed E-state index contributed by atoms with van der Waals surface area (Å²) >= 11 is 5.55. The van der Waals surface area contributed by atoms with E-state index in [-0.39, 0.29) is 17.3 Å². The Labute approximate surface area is 68.6 Å². The van der Waals surface area contributed by atoms with E-state index in [2.05, 4.69) is 4.98 Å². The normalized spacial score (nSPS) is 9.64. The number of carbonyl (C=O) groups is 1. The minimum atomic E-state index is -0.198. The van der Waals surface area contributed by atoms with Crippen molar-refractivity contribution in [2.75, 3.05) is 0 Å². The summed E-state index contributed by atoms with van der Waals surface area (Å²) in [5, 5.41) is 8.86. The van der Waals surface area contributed by atoms with Crippen LogP contribution in [0.3, 0.4) is 0 Å². The Kier molecular flexibility index (Phi) is 2.57. The number of hydrogen-bond donors (Lipinski definition) is 1. The molecule has 0 amide bonds. The molecule has 0 aliphatic rings. The van der Waals surface area contributed by atoms with E-state index in [4.69, 9.17) is 16.7 Å². The number of aldehydes is 1. The van der Waals surface area contributed by atoms with Gasteiger partial charge in [-0.3, -0.25) is 4.79 Å². The zero-order chi connectivity index (χ0) is 8.27. The molecule has 3 nitrogen and oxygen atoms in total. The Morgan fingerprint density at radius 2 is 2.45 bits per heavy atom. The highest BCUT2D eigenvalue weighted by Crippen LogP contribution is 2.14. The molecule has 0 fully saturated rings. The highest BCUT2D eigenvalue weighted by atomic mass is 35.5. The quantitative estimate of drug-likeness (QED) is 0.534. The van der Waals surface area contributed by atoms with E-state index in [1.807, 2.05) is 0 Å². The number of pyridine rings is 1. The molecule has 4 heteroatoms. The number of rotatable bonds is 2. The molecule has 1 aromatic rings. The fourth-order valence-corrected chi connectivity index (χ4v) is 0.969. The summed E-state index contributed by atoms with van der Waals surface area (Å²) in [6, 6.07) is 1.55. The lowest BCUT2D eigenvalue weighted by Gasteiger charge is -1.99. The van der Waals surface area contributed by atoms with E-state index in [0.29, 0.717) is 11.8 Å². The summed E-state index contributed by atoms with van der Waals surface area (Å²) in [6.45, 7) is -0.198. The number of halogens is 1. The van der Waals surface area contributed by atoms with Crippen LogP contribution in [0.1, 0.15) is 15.9 Å². The maximum atomic E-state index is 10.4. The number of carbonyl (C=O) groups excluding carboxylic acids is 1. The molecule has 0 atom stereocenters. The van der Waals surface area contributed by atoms with Gasteiger partial charge in [-0.15, -0.1) is 0 Å². The Hall–Kier alpha value is -0.930. The molecule has 0 aromatic carbocycles. The smallest absolute Gasteiger partial charge is 0.153 e. The predicted molar refractivity (Wildman–Crippen MR) is 40.6 cm³/mol. The van der Waals surface area contributed by atoms with Crippen LogP contribution in [0.5, 0.6) is 0 Å². The first-order valence-electron chi connectivity index (χ1n) is 2.99. The molecule has 1 heterocycles. The van der Waals surface area contributed by atoms with Crippen LogP contribution >= 0.6 is 11.6 Å². The summed E-state index contributed by atoms with van der Waals surface area (Å²) in [4.78, 5) is 14.1. The van der Waals surface area contributed by atoms with Gasteiger partial charge in [-0.1, -0.05) is 11.6 Å². The topological polar surface area (TPSA) is 50.2 Å². The van der Waals surface area contributed by atoms with E-state index in [1.165, 1.54) is 6.20 Å². The van der Waals surface area contributed by atoms with Gasteiger partial charge in [-0.2, -0.15) is 0 Å². The van der Waals surface area contributed by atoms with Gasteiger partial charge in [0, 0.05) is 6.20 Å². The van der Waals surface area contributed by atoms with Gasteiger partial charge in [0.2, 0.25) is 0 Å². The van der Waals surface area contributed by atoms with Crippen LogP contribution in [0, 0.1) is 0 Å². The predicted octanol–water partition coefficient (Wildman–Crippen LogP) is 1.04. The lowest BCUT2D eigenvalue weighted by atomic mass is 10.2. The van der Waals surface area contributed by atoms with Crippen molar-refractivity contribution in [1.82, 2.24) is 4.98 Å². The van der Waals surface area contributed by atoms with Gasteiger partial charge in [0.05, 0.1) is 12.2 Å². The van der Waals surface area contributed by atoms with Crippen molar-refractivity contribution in [3.8, 4) is 0 Å². The zero-order valence-corrected chi connectivity index (χ0v) is 6.38. The summed E-state index contributed by atoms with van der Waals surface area (Å²) in [5.41, 5.74) is 0.761. The van der Waals surface area contributed by atoms with Crippen LogP contribution < -0.4 is 0 Å². The molecule has 0 spiro atoms. The van der Waals surface area contributed by atoms with Gasteiger partial charge in [0.25, 0.3) is 0 Å². The molecule has 0 unspecified atom stereocenters. The molecule has 0 saturated heterocycles. The first kappa shape index (κ1) is 8.17. The zero-order valence-electron chi connectivity index (χ0n) is 5.62. The van der Waals surface area contributed by atoms with E-state index >= 15 is 0 Å². The first-order valence-corrected chi connectivity index (χ1v) is 3.36. The fraction of sp³-hybridized carbons (Fsp3) is 0.143. The molecule has 1 rings (SSSR count). The Balaban J connectivity index is 3.24. The van der Waals surface area contributed by atoms with E-state index in [1.54, 1.807) is 6.07 Å². The summed E-state index contributed by atoms with van der Waals surface area (Å²) in [6.07, 6.45) is 2.03. The second-order valence-corrected chi connectivity index (χ2v) is 2.31. The van der Waals surface area contributed by atoms with Crippen LogP contribution in [-0.4, -0.2) is 16.4 Å². The van der Waals surface area contributed by atoms with Crippen molar-refractivity contribution >= 4 is 17.9 Å². The highest BCUT2D eigenvalue weighted by Gasteiger charge is 2.04. The maximum Gasteiger partial charge on any atom is 0.153 e. The number of aliphatic hydroxyl groups excluding tert-OH is 1. The standard InChI is InChI=1S/C7H6ClNO2/c8-7-6(4-11)5(3-10)1-2-9-7/h1-2,4,10H,3H2. The van der Waals surface area contributed by atoms with Crippen molar-refractivity contribution in [2.24, 2.45) is 0 Å². The average Bonchev–Trinajstić information content (AvgIpc) is 2.04. The van der Waals surface area contributed by atoms with Crippen LogP contribution in [0.4, 0.5) is 0 Å². The van der Waals surface area contributed by atoms with E-state index in [0.717, 1.165) is 0 Å². The third-order valence-electron chi connectivity index (χ3n) is 1.32. The van der Waals surface area contributed by atoms with E-state index < -0.39 is 0 Å². The van der Waals surface area contributed by atoms with Gasteiger partial charge in [0.15, 0.2) is 6.29 Å². The van der Waals surface area contributed by atoms with Gasteiger partial charge in [-0.05, 0) is 11.6 Å². The highest BCUT2D eigenvalue weighted by molar-refractivity contribution is 6.31. The maximum absolute atomic E-state index is 10.4. The van der Waals surface area contributed by atoms with Crippen LogP contribution in [-0.2, 0) is 6.61 Å². The van der Waals surface area contributed by atoms with Gasteiger partial charge in [-0.25, -0.2) is 4.98 Å². The summed E-state index contributed by atoms with van der Waals surface area (Å²) in [5.74, 6) is 0. The van der Waals surface area contributed by atoms with Crippen LogP contribution in [0.2, 0.25) is 5.15 Å². The molecule has 0 radical (unpaired) electrons. The molecule has 0 aliphatic heterocycles. The van der Waals surface area contributed by atoms with Crippen LogP contribution in [0.15, 0.2) is 12.3 Å². The van der Waals surface area contributed by atoms with Gasteiger partial charge in [0.1, 0.15) is 5.15 Å². The molecule has 58 valence electrons. The molecule has 0 bridgehead atoms. The molecular formula is C7H6ClNO2. The van der Waals surface area contributed by atoms with Crippen LogP contribution in [0.25, 0.3) is 0 Å². The lowest BCUT2D eigenvalue weighted by molar-refractivity contribution is 0.112. The molecule has 1 N–H and O–H groups in total. The number of aliphatic hydroxyl groups is 1. The Morgan fingerprint density at radius 3 is 2.91 bits per heavy atom. The third kappa shape index (κ3) is 1.56.